The van der Waals surface area contributed by atoms with Gasteiger partial charge in [-0.2, -0.15) is 0 Å². The molecular formula is C12H16N4O2. The Morgan fingerprint density at radius 3 is 2.61 bits per heavy atom. The lowest BCUT2D eigenvalue weighted by Gasteiger charge is -2.11. The second kappa shape index (κ2) is 4.87. The summed E-state index contributed by atoms with van der Waals surface area (Å²) in [5.74, 6) is 3.21. The predicted molar refractivity (Wildman–Crippen MR) is 70.6 cm³/mol. The number of hydrogen-bond acceptors (Lipinski definition) is 5. The minimum absolute atomic E-state index is 0.491. The molecule has 1 aromatic carbocycles. The molecule has 0 amide bonds. The number of ether oxygens (including phenoxy) is 2. The van der Waals surface area contributed by atoms with Crippen LogP contribution in [-0.2, 0) is 0 Å². The summed E-state index contributed by atoms with van der Waals surface area (Å²) in [4.78, 5) is 7.17. The quantitative estimate of drug-likeness (QED) is 0.771. The maximum absolute atomic E-state index is 5.79. The molecule has 0 bridgehead atoms. The summed E-state index contributed by atoms with van der Waals surface area (Å²) < 4.78 is 10.4. The number of hydrogen-bond donors (Lipinski definition) is 3. The van der Waals surface area contributed by atoms with Crippen LogP contribution in [0.1, 0.15) is 5.82 Å². The number of nitrogens with zero attached hydrogens (tertiary/aromatic N) is 1. The van der Waals surface area contributed by atoms with Gasteiger partial charge in [0, 0.05) is 6.07 Å². The van der Waals surface area contributed by atoms with Gasteiger partial charge in [0.05, 0.1) is 19.9 Å². The molecule has 4 N–H and O–H groups in total. The van der Waals surface area contributed by atoms with Crippen molar-refractivity contribution in [2.75, 3.05) is 25.3 Å². The molecule has 1 heterocycles. The molecule has 18 heavy (non-hydrogen) atoms. The van der Waals surface area contributed by atoms with Crippen molar-refractivity contribution in [2.45, 2.75) is 6.92 Å². The topological polar surface area (TPSA) is 85.2 Å². The first kappa shape index (κ1) is 12.1. The Morgan fingerprint density at radius 1 is 1.28 bits per heavy atom. The van der Waals surface area contributed by atoms with E-state index < -0.39 is 0 Å². The first-order chi connectivity index (χ1) is 8.63. The second-order valence-corrected chi connectivity index (χ2v) is 3.78. The number of H-pyrrole nitrogens is 1. The van der Waals surface area contributed by atoms with Gasteiger partial charge in [-0.3, -0.25) is 0 Å². The number of benzene rings is 1. The van der Waals surface area contributed by atoms with E-state index in [-0.39, 0.29) is 0 Å². The Balaban J connectivity index is 2.31. The minimum Gasteiger partial charge on any atom is -0.497 e. The molecule has 0 aliphatic heterocycles. The van der Waals surface area contributed by atoms with Crippen molar-refractivity contribution in [3.63, 3.8) is 0 Å². The third-order valence-corrected chi connectivity index (χ3v) is 2.51. The van der Waals surface area contributed by atoms with Gasteiger partial charge in [-0.15, -0.1) is 0 Å². The van der Waals surface area contributed by atoms with Gasteiger partial charge in [0.2, 0.25) is 0 Å². The van der Waals surface area contributed by atoms with Crippen molar-refractivity contribution in [1.29, 1.82) is 0 Å². The van der Waals surface area contributed by atoms with Crippen molar-refractivity contribution in [1.82, 2.24) is 9.97 Å². The Bertz CT molecular complexity index is 551. The average molecular weight is 248 g/mol. The van der Waals surface area contributed by atoms with Gasteiger partial charge in [-0.25, -0.2) is 4.98 Å². The normalized spacial score (nSPS) is 10.2. The van der Waals surface area contributed by atoms with Crippen molar-refractivity contribution in [3.8, 4) is 11.5 Å². The number of anilines is 3. The van der Waals surface area contributed by atoms with Gasteiger partial charge >= 0.3 is 0 Å². The fourth-order valence-electron chi connectivity index (χ4n) is 1.63. The Hall–Kier alpha value is -2.37. The summed E-state index contributed by atoms with van der Waals surface area (Å²) >= 11 is 0. The highest BCUT2D eigenvalue weighted by Gasteiger charge is 2.09. The van der Waals surface area contributed by atoms with Crippen LogP contribution in [-0.4, -0.2) is 24.2 Å². The number of methoxy groups -OCH3 is 2. The zero-order chi connectivity index (χ0) is 13.1. The van der Waals surface area contributed by atoms with E-state index >= 15 is 0 Å². The molecule has 6 heteroatoms. The van der Waals surface area contributed by atoms with Gasteiger partial charge in [0.25, 0.3) is 0 Å². The average Bonchev–Trinajstić information content (AvgIpc) is 2.68. The summed E-state index contributed by atoms with van der Waals surface area (Å²) in [5, 5.41) is 3.12. The molecule has 0 unspecified atom stereocenters. The number of aromatic nitrogens is 2. The summed E-state index contributed by atoms with van der Waals surface area (Å²) in [7, 11) is 3.20. The van der Waals surface area contributed by atoms with Crippen molar-refractivity contribution >= 4 is 17.3 Å². The van der Waals surface area contributed by atoms with Crippen molar-refractivity contribution in [3.05, 3.63) is 24.0 Å². The first-order valence-corrected chi connectivity index (χ1v) is 5.45. The van der Waals surface area contributed by atoms with Crippen LogP contribution in [0.3, 0.4) is 0 Å². The monoisotopic (exact) mass is 248 g/mol. The maximum Gasteiger partial charge on any atom is 0.173 e. The van der Waals surface area contributed by atoms with E-state index in [0.717, 1.165) is 17.3 Å². The lowest BCUT2D eigenvalue weighted by atomic mass is 10.2. The second-order valence-electron chi connectivity index (χ2n) is 3.78. The smallest absolute Gasteiger partial charge is 0.173 e. The lowest BCUT2D eigenvalue weighted by molar-refractivity contribution is 0.395. The summed E-state index contributed by atoms with van der Waals surface area (Å²) in [6, 6.07) is 5.47. The number of aromatic amines is 1. The molecule has 2 aromatic rings. The van der Waals surface area contributed by atoms with Crippen LogP contribution >= 0.6 is 0 Å². The molecule has 0 spiro atoms. The Morgan fingerprint density at radius 2 is 2.06 bits per heavy atom. The van der Waals surface area contributed by atoms with Crippen LogP contribution in [0.15, 0.2) is 18.2 Å². The molecule has 96 valence electrons. The molecule has 0 aliphatic carbocycles. The molecule has 6 nitrogen and oxygen atoms in total. The Labute approximate surface area is 105 Å². The standard InChI is InChI=1S/C12H16N4O2/c1-7-14-11(13)12(15-7)16-9-5-4-8(17-2)6-10(9)18-3/h4-6,16H,13H2,1-3H3,(H,14,15). The zero-order valence-electron chi connectivity index (χ0n) is 10.6. The number of aryl methyl sites for hydroxylation is 1. The van der Waals surface area contributed by atoms with E-state index in [4.69, 9.17) is 15.2 Å². The molecular weight excluding hydrogens is 232 g/mol. The number of nitrogens with one attached hydrogen (secondary N) is 2. The summed E-state index contributed by atoms with van der Waals surface area (Å²) in [5.41, 5.74) is 6.57. The fourth-order valence-corrected chi connectivity index (χ4v) is 1.63. The van der Waals surface area contributed by atoms with Crippen molar-refractivity contribution in [2.24, 2.45) is 0 Å². The number of nitrogens with two attached hydrogens (primary N) is 1. The van der Waals surface area contributed by atoms with E-state index in [2.05, 4.69) is 15.3 Å². The van der Waals surface area contributed by atoms with Crippen LogP contribution < -0.4 is 20.5 Å². The predicted octanol–water partition coefficient (Wildman–Crippen LogP) is 2.06. The maximum atomic E-state index is 5.79. The van der Waals surface area contributed by atoms with Gasteiger partial charge in [0.1, 0.15) is 23.1 Å². The van der Waals surface area contributed by atoms with Gasteiger partial charge in [-0.05, 0) is 19.1 Å². The molecule has 0 aliphatic rings. The highest BCUT2D eigenvalue weighted by Crippen LogP contribution is 2.32. The van der Waals surface area contributed by atoms with Gasteiger partial charge in [0.15, 0.2) is 5.82 Å². The first-order valence-electron chi connectivity index (χ1n) is 5.45. The SMILES string of the molecule is COc1ccc(Nc2nc(C)[nH]c2N)c(OC)c1. The van der Waals surface area contributed by atoms with Gasteiger partial charge in [-0.1, -0.05) is 0 Å². The Kier molecular flexibility index (Phi) is 3.27. The number of rotatable bonds is 4. The van der Waals surface area contributed by atoms with Crippen LogP contribution in [0.5, 0.6) is 11.5 Å². The van der Waals surface area contributed by atoms with E-state index in [1.807, 2.05) is 19.1 Å². The van der Waals surface area contributed by atoms with Crippen LogP contribution in [0.25, 0.3) is 0 Å². The van der Waals surface area contributed by atoms with E-state index in [1.54, 1.807) is 20.3 Å². The highest BCUT2D eigenvalue weighted by molar-refractivity contribution is 5.71. The molecule has 1 aromatic heterocycles. The fraction of sp³-hybridized carbons (Fsp3) is 0.250. The number of imidazole rings is 1. The van der Waals surface area contributed by atoms with E-state index in [9.17, 15) is 0 Å². The van der Waals surface area contributed by atoms with Crippen LogP contribution in [0.4, 0.5) is 17.3 Å². The molecule has 0 radical (unpaired) electrons. The highest BCUT2D eigenvalue weighted by atomic mass is 16.5. The van der Waals surface area contributed by atoms with E-state index in [1.165, 1.54) is 0 Å². The third-order valence-electron chi connectivity index (χ3n) is 2.51. The van der Waals surface area contributed by atoms with Crippen LogP contribution in [0, 0.1) is 6.92 Å². The van der Waals surface area contributed by atoms with E-state index in [0.29, 0.717) is 17.4 Å². The largest absolute Gasteiger partial charge is 0.497 e. The van der Waals surface area contributed by atoms with Crippen LogP contribution in [0.2, 0.25) is 0 Å². The molecule has 0 fully saturated rings. The molecule has 2 rings (SSSR count). The number of nitrogen functional groups attached to an aromatic ring is 1. The molecule has 0 saturated heterocycles. The summed E-state index contributed by atoms with van der Waals surface area (Å²) in [6.07, 6.45) is 0. The third kappa shape index (κ3) is 2.32. The van der Waals surface area contributed by atoms with Gasteiger partial charge < -0.3 is 25.5 Å². The zero-order valence-corrected chi connectivity index (χ0v) is 10.6. The summed E-state index contributed by atoms with van der Waals surface area (Å²) in [6.45, 7) is 1.84. The minimum atomic E-state index is 0.491. The van der Waals surface area contributed by atoms with Crippen molar-refractivity contribution < 1.29 is 9.47 Å². The lowest BCUT2D eigenvalue weighted by Crippen LogP contribution is -1.98. The molecule has 0 saturated carbocycles. The molecule has 0 atom stereocenters.